The number of nitrogens with two attached hydrogens (primary N) is 1. The summed E-state index contributed by atoms with van der Waals surface area (Å²) in [5, 5.41) is 0. The average Bonchev–Trinajstić information content (AvgIpc) is 3.04. The van der Waals surface area contributed by atoms with E-state index < -0.39 is 0 Å². The topological polar surface area (TPSA) is 46.3 Å². The molecule has 1 aromatic carbocycles. The number of halogens is 2. The van der Waals surface area contributed by atoms with Crippen LogP contribution in [0.1, 0.15) is 24.0 Å². The fourth-order valence-corrected chi connectivity index (χ4v) is 5.12. The summed E-state index contributed by atoms with van der Waals surface area (Å²) in [5.74, 6) is 1.95. The number of nitrogens with zero attached hydrogens (tertiary/aromatic N) is 1. The molecule has 3 rings (SSSR count). The van der Waals surface area contributed by atoms with E-state index in [1.54, 1.807) is 11.8 Å². The molecule has 0 aromatic heterocycles. The number of carbonyl (C=O) groups is 1. The second-order valence-corrected chi connectivity index (χ2v) is 8.49. The molecular formula is C17H24BrClN2OS. The largest absolute Gasteiger partial charge is 0.341 e. The van der Waals surface area contributed by atoms with E-state index in [9.17, 15) is 4.79 Å². The monoisotopic (exact) mass is 418 g/mol. The molecule has 1 amide bonds. The number of thioether (sulfide) groups is 1. The van der Waals surface area contributed by atoms with Gasteiger partial charge in [-0.15, -0.1) is 24.2 Å². The third kappa shape index (κ3) is 4.06. The summed E-state index contributed by atoms with van der Waals surface area (Å²) in [7, 11) is 0. The SMILES string of the molecule is Cc1cc(SCC(=O)N2CC3CCC(N)C3C2)c(C)cc1Br.Cl. The lowest BCUT2D eigenvalue weighted by Gasteiger charge is -2.19. The van der Waals surface area contributed by atoms with Crippen molar-refractivity contribution in [1.82, 2.24) is 4.90 Å². The Morgan fingerprint density at radius 3 is 2.74 bits per heavy atom. The number of benzene rings is 1. The van der Waals surface area contributed by atoms with E-state index >= 15 is 0 Å². The van der Waals surface area contributed by atoms with Crippen LogP contribution in [0.5, 0.6) is 0 Å². The van der Waals surface area contributed by atoms with Crippen molar-refractivity contribution in [3.63, 3.8) is 0 Å². The van der Waals surface area contributed by atoms with Crippen molar-refractivity contribution >= 4 is 46.0 Å². The van der Waals surface area contributed by atoms with Crippen molar-refractivity contribution in [2.24, 2.45) is 17.6 Å². The van der Waals surface area contributed by atoms with Gasteiger partial charge in [-0.2, -0.15) is 0 Å². The van der Waals surface area contributed by atoms with Crippen LogP contribution in [0.2, 0.25) is 0 Å². The van der Waals surface area contributed by atoms with E-state index in [-0.39, 0.29) is 18.3 Å². The number of rotatable bonds is 3. The zero-order valence-electron chi connectivity index (χ0n) is 13.5. The third-order valence-corrected chi connectivity index (χ3v) is 7.07. The Morgan fingerprint density at radius 2 is 2.04 bits per heavy atom. The van der Waals surface area contributed by atoms with Gasteiger partial charge in [0.1, 0.15) is 0 Å². The maximum atomic E-state index is 12.5. The highest BCUT2D eigenvalue weighted by atomic mass is 79.9. The molecule has 1 saturated carbocycles. The molecule has 1 aliphatic heterocycles. The smallest absolute Gasteiger partial charge is 0.232 e. The third-order valence-electron chi connectivity index (χ3n) is 5.07. The molecule has 0 spiro atoms. The maximum Gasteiger partial charge on any atom is 0.232 e. The minimum absolute atomic E-state index is 0. The molecule has 3 nitrogen and oxygen atoms in total. The summed E-state index contributed by atoms with van der Waals surface area (Å²) in [6.07, 6.45) is 2.32. The zero-order valence-corrected chi connectivity index (χ0v) is 16.8. The molecule has 3 atom stereocenters. The Morgan fingerprint density at radius 1 is 1.30 bits per heavy atom. The summed E-state index contributed by atoms with van der Waals surface area (Å²) in [5.41, 5.74) is 8.58. The standard InChI is InChI=1S/C17H23BrN2OS.ClH/c1-10-6-16(11(2)5-14(10)18)22-9-17(21)20-7-12-3-4-15(19)13(12)8-20;/h5-6,12-13,15H,3-4,7-9,19H2,1-2H3;1H. The second kappa shape index (κ2) is 7.77. The van der Waals surface area contributed by atoms with Crippen LogP contribution in [0.15, 0.2) is 21.5 Å². The van der Waals surface area contributed by atoms with Crippen LogP contribution in [0.3, 0.4) is 0 Å². The van der Waals surface area contributed by atoms with Crippen LogP contribution in [0.25, 0.3) is 0 Å². The first-order chi connectivity index (χ1) is 10.5. The van der Waals surface area contributed by atoms with Crippen molar-refractivity contribution in [3.05, 3.63) is 27.7 Å². The van der Waals surface area contributed by atoms with E-state index in [2.05, 4.69) is 41.9 Å². The van der Waals surface area contributed by atoms with Crippen molar-refractivity contribution in [3.8, 4) is 0 Å². The van der Waals surface area contributed by atoms with Gasteiger partial charge in [-0.05, 0) is 61.8 Å². The summed E-state index contributed by atoms with van der Waals surface area (Å²) in [6, 6.07) is 4.58. The highest BCUT2D eigenvalue weighted by Crippen LogP contribution is 2.37. The van der Waals surface area contributed by atoms with Gasteiger partial charge < -0.3 is 10.6 Å². The molecule has 3 unspecified atom stereocenters. The molecule has 128 valence electrons. The van der Waals surface area contributed by atoms with Crippen LogP contribution >= 0.6 is 40.1 Å². The number of aryl methyl sites for hydroxylation is 2. The van der Waals surface area contributed by atoms with E-state index in [4.69, 9.17) is 5.73 Å². The van der Waals surface area contributed by atoms with Gasteiger partial charge in [0.05, 0.1) is 5.75 Å². The lowest BCUT2D eigenvalue weighted by molar-refractivity contribution is -0.127. The quantitative estimate of drug-likeness (QED) is 0.758. The maximum absolute atomic E-state index is 12.5. The normalized spacial score (nSPS) is 26.1. The van der Waals surface area contributed by atoms with Crippen LogP contribution < -0.4 is 5.73 Å². The van der Waals surface area contributed by atoms with Gasteiger partial charge in [-0.25, -0.2) is 0 Å². The van der Waals surface area contributed by atoms with Crippen LogP contribution in [0, 0.1) is 25.7 Å². The van der Waals surface area contributed by atoms with Crippen LogP contribution in [0.4, 0.5) is 0 Å². The molecule has 2 N–H and O–H groups in total. The number of carbonyl (C=O) groups excluding carboxylic acids is 1. The molecule has 6 heteroatoms. The van der Waals surface area contributed by atoms with Gasteiger partial charge in [-0.1, -0.05) is 15.9 Å². The summed E-state index contributed by atoms with van der Waals surface area (Å²) in [6.45, 7) is 5.95. The van der Waals surface area contributed by atoms with Gasteiger partial charge in [0.15, 0.2) is 0 Å². The number of hydrogen-bond donors (Lipinski definition) is 1. The minimum atomic E-state index is 0. The predicted molar refractivity (Wildman–Crippen MR) is 102 cm³/mol. The molecule has 1 aromatic rings. The second-order valence-electron chi connectivity index (χ2n) is 6.62. The fraction of sp³-hybridized carbons (Fsp3) is 0.588. The number of likely N-dealkylation sites (tertiary alicyclic amines) is 1. The van der Waals surface area contributed by atoms with Crippen molar-refractivity contribution in [1.29, 1.82) is 0 Å². The van der Waals surface area contributed by atoms with Crippen molar-refractivity contribution in [2.75, 3.05) is 18.8 Å². The van der Waals surface area contributed by atoms with E-state index in [0.717, 1.165) is 24.0 Å². The first-order valence-electron chi connectivity index (χ1n) is 7.88. The van der Waals surface area contributed by atoms with Gasteiger partial charge in [0, 0.05) is 28.5 Å². The first-order valence-corrected chi connectivity index (χ1v) is 9.66. The summed E-state index contributed by atoms with van der Waals surface area (Å²) in [4.78, 5) is 15.7. The minimum Gasteiger partial charge on any atom is -0.341 e. The van der Waals surface area contributed by atoms with Crippen LogP contribution in [-0.4, -0.2) is 35.7 Å². The van der Waals surface area contributed by atoms with Crippen molar-refractivity contribution < 1.29 is 4.79 Å². The Labute approximate surface area is 157 Å². The molecule has 1 saturated heterocycles. The Bertz CT molecular complexity index is 598. The van der Waals surface area contributed by atoms with Crippen molar-refractivity contribution in [2.45, 2.75) is 37.6 Å². The first kappa shape index (κ1) is 19.1. The zero-order chi connectivity index (χ0) is 15.9. The molecule has 0 radical (unpaired) electrons. The Hall–Kier alpha value is -0.230. The predicted octanol–water partition coefficient (Wildman–Crippen LogP) is 3.78. The summed E-state index contributed by atoms with van der Waals surface area (Å²) >= 11 is 5.20. The molecule has 23 heavy (non-hydrogen) atoms. The van der Waals surface area contributed by atoms with Gasteiger partial charge in [0.25, 0.3) is 0 Å². The van der Waals surface area contributed by atoms with E-state index in [1.807, 2.05) is 4.90 Å². The average molecular weight is 420 g/mol. The molecule has 1 heterocycles. The lowest BCUT2D eigenvalue weighted by atomic mass is 9.98. The molecular weight excluding hydrogens is 396 g/mol. The Kier molecular flexibility index (Phi) is 6.45. The van der Waals surface area contributed by atoms with Crippen LogP contribution in [-0.2, 0) is 4.79 Å². The highest BCUT2D eigenvalue weighted by Gasteiger charge is 2.42. The molecule has 1 aliphatic carbocycles. The number of fused-ring (bicyclic) bond motifs is 1. The molecule has 0 bridgehead atoms. The fourth-order valence-electron chi connectivity index (χ4n) is 3.65. The molecule has 2 fully saturated rings. The van der Waals surface area contributed by atoms with E-state index in [0.29, 0.717) is 23.6 Å². The van der Waals surface area contributed by atoms with Gasteiger partial charge in [0.2, 0.25) is 5.91 Å². The van der Waals surface area contributed by atoms with E-state index in [1.165, 1.54) is 22.4 Å². The Balaban J connectivity index is 0.00000192. The van der Waals surface area contributed by atoms with Gasteiger partial charge >= 0.3 is 0 Å². The highest BCUT2D eigenvalue weighted by molar-refractivity contribution is 9.10. The number of hydrogen-bond acceptors (Lipinski definition) is 3. The van der Waals surface area contributed by atoms with Gasteiger partial charge in [-0.3, -0.25) is 4.79 Å². The summed E-state index contributed by atoms with van der Waals surface area (Å²) < 4.78 is 1.13. The lowest BCUT2D eigenvalue weighted by Crippen LogP contribution is -2.34. The molecule has 2 aliphatic rings. The number of amides is 1.